The fourth-order valence-electron chi connectivity index (χ4n) is 11.0. The molecule has 0 aromatic heterocycles. The van der Waals surface area contributed by atoms with Gasteiger partial charge in [-0.15, -0.1) is 0 Å². The topological polar surface area (TPSA) is 120 Å². The maximum absolute atomic E-state index is 14.2. The lowest BCUT2D eigenvalue weighted by molar-refractivity contribution is -0.189. The summed E-state index contributed by atoms with van der Waals surface area (Å²) in [6.45, 7) is 12.0. The van der Waals surface area contributed by atoms with Gasteiger partial charge in [0, 0.05) is 44.0 Å². The zero-order chi connectivity index (χ0) is 35.3. The third-order valence-corrected chi connectivity index (χ3v) is 14.3. The van der Waals surface area contributed by atoms with E-state index in [1.54, 1.807) is 19.1 Å². The Kier molecular flexibility index (Phi) is 13.9. The average Bonchev–Trinajstić information content (AvgIpc) is 3.47. The largest absolute Gasteiger partial charge is 0.394 e. The zero-order valence-corrected chi connectivity index (χ0v) is 31.7. The lowest BCUT2D eigenvalue weighted by Gasteiger charge is -2.62. The zero-order valence-electron chi connectivity index (χ0n) is 31.7. The molecule has 6 fully saturated rings. The van der Waals surface area contributed by atoms with Gasteiger partial charge in [-0.3, -0.25) is 14.4 Å². The number of nitrogens with one attached hydrogen (secondary N) is 2. The van der Waals surface area contributed by atoms with Gasteiger partial charge in [-0.1, -0.05) is 66.2 Å². The van der Waals surface area contributed by atoms with Crippen molar-refractivity contribution in [1.82, 2.24) is 15.7 Å². The van der Waals surface area contributed by atoms with Crippen LogP contribution in [0.1, 0.15) is 131 Å². The van der Waals surface area contributed by atoms with Crippen LogP contribution < -0.4 is 10.6 Å². The maximum atomic E-state index is 14.2. The lowest BCUT2D eigenvalue weighted by Crippen LogP contribution is -2.62. The van der Waals surface area contributed by atoms with Gasteiger partial charge in [0.15, 0.2) is 0 Å². The molecule has 0 aromatic carbocycles. The lowest BCUT2D eigenvalue weighted by atomic mass is 9.45. The van der Waals surface area contributed by atoms with Gasteiger partial charge >= 0.3 is 0 Å². The standard InChI is InChI=1S/C40H71N3O6/c1-7-11-30(34(48-6)20-28-14-16-29(17-15-28)38(46)41-19-18-27-12-9-8-10-13-27)23-43-37(36(26(3)45)35(24-44)49-43)39(47)42-33-22-31-21-32(25(33)2)40(31,4)5/h25-37,44-45H,7-24H2,1-6H3,(H,41,46)(H,42,47)/t25-,26-,28?,29?,30?,31+,32-,33-,34?,35-,36+,37-/m0/s1. The molecule has 2 amide bonds. The molecule has 2 bridgehead atoms. The highest BCUT2D eigenvalue weighted by Crippen LogP contribution is 2.61. The first kappa shape index (κ1) is 39.0. The van der Waals surface area contributed by atoms with E-state index in [0.29, 0.717) is 35.6 Å². The fourth-order valence-corrected chi connectivity index (χ4v) is 11.0. The molecule has 0 spiro atoms. The van der Waals surface area contributed by atoms with E-state index >= 15 is 0 Å². The Labute approximate surface area is 297 Å². The monoisotopic (exact) mass is 690 g/mol. The maximum Gasteiger partial charge on any atom is 0.240 e. The van der Waals surface area contributed by atoms with Crippen LogP contribution in [-0.4, -0.2) is 84.3 Å². The second kappa shape index (κ2) is 17.5. The Hall–Kier alpha value is -1.26. The molecule has 1 aliphatic heterocycles. The summed E-state index contributed by atoms with van der Waals surface area (Å²) in [6.07, 6.45) is 15.3. The number of carbonyl (C=O) groups excluding carboxylic acids is 2. The molecular formula is C40H71N3O6. The summed E-state index contributed by atoms with van der Waals surface area (Å²) in [5.41, 5.74) is 0.329. The first-order valence-corrected chi connectivity index (χ1v) is 20.3. The van der Waals surface area contributed by atoms with Gasteiger partial charge in [0.1, 0.15) is 12.1 Å². The minimum absolute atomic E-state index is 0.0102. The van der Waals surface area contributed by atoms with Crippen molar-refractivity contribution < 1.29 is 29.4 Å². The molecule has 6 aliphatic rings. The van der Waals surface area contributed by atoms with E-state index in [1.165, 1.54) is 38.5 Å². The molecular weight excluding hydrogens is 618 g/mol. The van der Waals surface area contributed by atoms with Crippen molar-refractivity contribution in [1.29, 1.82) is 0 Å². The molecule has 2 unspecified atom stereocenters. The number of hydroxylamine groups is 2. The van der Waals surface area contributed by atoms with E-state index in [9.17, 15) is 19.8 Å². The number of rotatable bonds is 16. The Morgan fingerprint density at radius 1 is 1.02 bits per heavy atom. The summed E-state index contributed by atoms with van der Waals surface area (Å²) >= 11 is 0. The summed E-state index contributed by atoms with van der Waals surface area (Å²) in [5, 5.41) is 29.6. The van der Waals surface area contributed by atoms with Crippen LogP contribution in [0.2, 0.25) is 0 Å². The number of ether oxygens (including phenoxy) is 1. The van der Waals surface area contributed by atoms with E-state index < -0.39 is 24.2 Å². The number of carbonyl (C=O) groups is 2. The normalized spacial score (nSPS) is 36.8. The van der Waals surface area contributed by atoms with Crippen molar-refractivity contribution in [3.8, 4) is 0 Å². The van der Waals surface area contributed by atoms with Crippen LogP contribution in [0.4, 0.5) is 0 Å². The summed E-state index contributed by atoms with van der Waals surface area (Å²) in [5.74, 6) is 2.76. The Morgan fingerprint density at radius 3 is 2.33 bits per heavy atom. The van der Waals surface area contributed by atoms with Gasteiger partial charge in [-0.2, -0.15) is 5.06 Å². The molecule has 10 atom stereocenters. The highest BCUT2D eigenvalue weighted by atomic mass is 16.7. The first-order chi connectivity index (χ1) is 23.5. The fraction of sp³-hybridized carbons (Fsp3) is 0.950. The Balaban J connectivity index is 1.17. The van der Waals surface area contributed by atoms with E-state index in [0.717, 1.165) is 70.3 Å². The number of aliphatic hydroxyl groups is 2. The van der Waals surface area contributed by atoms with Crippen molar-refractivity contribution in [2.75, 3.05) is 26.8 Å². The number of hydrogen-bond acceptors (Lipinski definition) is 7. The number of fused-ring (bicyclic) bond motifs is 2. The van der Waals surface area contributed by atoms with E-state index in [-0.39, 0.29) is 42.4 Å². The van der Waals surface area contributed by atoms with Crippen LogP contribution in [0.5, 0.6) is 0 Å². The summed E-state index contributed by atoms with van der Waals surface area (Å²) in [4.78, 5) is 33.5. The van der Waals surface area contributed by atoms with Crippen molar-refractivity contribution in [2.24, 2.45) is 52.8 Å². The molecule has 5 saturated carbocycles. The van der Waals surface area contributed by atoms with Crippen molar-refractivity contribution in [2.45, 2.75) is 161 Å². The first-order valence-electron chi connectivity index (χ1n) is 20.3. The van der Waals surface area contributed by atoms with Gasteiger partial charge in [0.2, 0.25) is 11.8 Å². The van der Waals surface area contributed by atoms with Crippen LogP contribution in [0.15, 0.2) is 0 Å². The predicted octanol–water partition coefficient (Wildman–Crippen LogP) is 5.86. The van der Waals surface area contributed by atoms with E-state index in [1.807, 2.05) is 0 Å². The summed E-state index contributed by atoms with van der Waals surface area (Å²) < 4.78 is 6.20. The molecule has 1 saturated heterocycles. The molecule has 0 aromatic rings. The second-order valence-electron chi connectivity index (χ2n) is 17.6. The van der Waals surface area contributed by atoms with Gasteiger partial charge in [0.25, 0.3) is 0 Å². The van der Waals surface area contributed by atoms with E-state index in [4.69, 9.17) is 9.57 Å². The van der Waals surface area contributed by atoms with Crippen LogP contribution >= 0.6 is 0 Å². The summed E-state index contributed by atoms with van der Waals surface area (Å²) in [6, 6.07) is -0.569. The highest BCUT2D eigenvalue weighted by Gasteiger charge is 2.57. The van der Waals surface area contributed by atoms with Gasteiger partial charge in [-0.25, -0.2) is 0 Å². The molecule has 0 radical (unpaired) electrons. The summed E-state index contributed by atoms with van der Waals surface area (Å²) in [7, 11) is 1.79. The van der Waals surface area contributed by atoms with Crippen LogP contribution in [0.3, 0.4) is 0 Å². The minimum Gasteiger partial charge on any atom is -0.394 e. The molecule has 5 aliphatic carbocycles. The number of methoxy groups -OCH3 is 1. The van der Waals surface area contributed by atoms with Gasteiger partial charge in [-0.05, 0) is 99.7 Å². The SMILES string of the molecule is CCCC(CN1O[C@@H](CO)[C@@H]([C@H](C)O)[C@H]1C(=O)N[C@H]1C[C@H]2C[C@@H]([C@@H]1C)C2(C)C)C(CC1CCC(C(=O)NCCC2CCCCC2)CC1)OC. The van der Waals surface area contributed by atoms with Crippen LogP contribution in [-0.2, 0) is 19.2 Å². The number of aliphatic hydroxyl groups excluding tert-OH is 2. The number of hydrogen-bond donors (Lipinski definition) is 4. The molecule has 49 heavy (non-hydrogen) atoms. The molecule has 9 nitrogen and oxygen atoms in total. The molecule has 4 N–H and O–H groups in total. The van der Waals surface area contributed by atoms with Gasteiger partial charge < -0.3 is 25.6 Å². The smallest absolute Gasteiger partial charge is 0.240 e. The van der Waals surface area contributed by atoms with Crippen LogP contribution in [0.25, 0.3) is 0 Å². The van der Waals surface area contributed by atoms with Crippen molar-refractivity contribution >= 4 is 11.8 Å². The predicted molar refractivity (Wildman–Crippen MR) is 192 cm³/mol. The third-order valence-electron chi connectivity index (χ3n) is 14.3. The van der Waals surface area contributed by atoms with Crippen LogP contribution in [0, 0.1) is 52.8 Å². The Morgan fingerprint density at radius 2 is 1.73 bits per heavy atom. The number of nitrogens with zero attached hydrogens (tertiary/aromatic N) is 1. The Bertz CT molecular complexity index is 1060. The third kappa shape index (κ3) is 9.04. The van der Waals surface area contributed by atoms with Crippen molar-refractivity contribution in [3.63, 3.8) is 0 Å². The van der Waals surface area contributed by atoms with Gasteiger partial charge in [0.05, 0.1) is 18.8 Å². The van der Waals surface area contributed by atoms with E-state index in [2.05, 4.69) is 38.3 Å². The molecule has 9 heteroatoms. The highest BCUT2D eigenvalue weighted by molar-refractivity contribution is 5.83. The second-order valence-corrected chi connectivity index (χ2v) is 17.6. The molecule has 1 heterocycles. The quantitative estimate of drug-likeness (QED) is 0.160. The average molecular weight is 690 g/mol. The number of amides is 2. The van der Waals surface area contributed by atoms with Crippen molar-refractivity contribution in [3.05, 3.63) is 0 Å². The molecule has 6 rings (SSSR count). The molecule has 282 valence electrons. The minimum atomic E-state index is -0.809.